The summed E-state index contributed by atoms with van der Waals surface area (Å²) < 4.78 is 5.33. The molecule has 21 heavy (non-hydrogen) atoms. The maximum atomic E-state index is 12.5. The first-order valence-corrected chi connectivity index (χ1v) is 8.33. The number of rotatable bonds is 6. The van der Waals surface area contributed by atoms with Crippen LogP contribution in [0.3, 0.4) is 0 Å². The SMILES string of the molecule is CN(CCNC(=O)C1(C(N)=S)CCOCC1)C1CCCC1. The predicted octanol–water partition coefficient (Wildman–Crippen LogP) is 1.06. The Labute approximate surface area is 132 Å². The first-order chi connectivity index (χ1) is 10.1. The van der Waals surface area contributed by atoms with Gasteiger partial charge in [-0.2, -0.15) is 0 Å². The molecule has 0 bridgehead atoms. The van der Waals surface area contributed by atoms with E-state index in [9.17, 15) is 4.79 Å². The fraction of sp³-hybridized carbons (Fsp3) is 0.867. The zero-order valence-corrected chi connectivity index (χ0v) is 13.7. The third-order valence-electron chi connectivity index (χ3n) is 4.95. The number of hydrogen-bond donors (Lipinski definition) is 2. The van der Waals surface area contributed by atoms with Crippen LogP contribution in [0.1, 0.15) is 38.5 Å². The Morgan fingerprint density at radius 3 is 2.57 bits per heavy atom. The number of carbonyl (C=O) groups is 1. The molecular formula is C15H27N3O2S. The van der Waals surface area contributed by atoms with Gasteiger partial charge in [-0.25, -0.2) is 0 Å². The van der Waals surface area contributed by atoms with Crippen molar-refractivity contribution in [3.8, 4) is 0 Å². The lowest BCUT2D eigenvalue weighted by atomic mass is 9.79. The van der Waals surface area contributed by atoms with E-state index in [1.54, 1.807) is 0 Å². The number of ether oxygens (including phenoxy) is 1. The minimum atomic E-state index is -0.709. The number of carbonyl (C=O) groups excluding carboxylic acids is 1. The van der Waals surface area contributed by atoms with Crippen LogP contribution in [0, 0.1) is 5.41 Å². The van der Waals surface area contributed by atoms with Crippen molar-refractivity contribution in [1.82, 2.24) is 10.2 Å². The van der Waals surface area contributed by atoms with Crippen LogP contribution in [0.25, 0.3) is 0 Å². The summed E-state index contributed by atoms with van der Waals surface area (Å²) >= 11 is 5.14. The maximum Gasteiger partial charge on any atom is 0.233 e. The van der Waals surface area contributed by atoms with E-state index in [0.717, 1.165) is 6.54 Å². The molecule has 6 heteroatoms. The maximum absolute atomic E-state index is 12.5. The van der Waals surface area contributed by atoms with E-state index in [-0.39, 0.29) is 5.91 Å². The van der Waals surface area contributed by atoms with Gasteiger partial charge in [-0.1, -0.05) is 25.1 Å². The number of amides is 1. The van der Waals surface area contributed by atoms with Gasteiger partial charge < -0.3 is 20.7 Å². The van der Waals surface area contributed by atoms with Crippen LogP contribution in [-0.2, 0) is 9.53 Å². The summed E-state index contributed by atoms with van der Waals surface area (Å²) in [6.45, 7) is 2.62. The Balaban J connectivity index is 1.80. The molecule has 2 aliphatic rings. The molecule has 0 spiro atoms. The summed E-state index contributed by atoms with van der Waals surface area (Å²) in [5.74, 6) is -0.0295. The van der Waals surface area contributed by atoms with E-state index >= 15 is 0 Å². The first-order valence-electron chi connectivity index (χ1n) is 7.92. The molecule has 0 radical (unpaired) electrons. The molecule has 0 aromatic carbocycles. The second-order valence-corrected chi connectivity index (χ2v) is 6.67. The summed E-state index contributed by atoms with van der Waals surface area (Å²) in [5.41, 5.74) is 5.13. The van der Waals surface area contributed by atoms with Gasteiger partial charge in [-0.05, 0) is 32.7 Å². The van der Waals surface area contributed by atoms with E-state index in [1.807, 2.05) is 0 Å². The highest BCUT2D eigenvalue weighted by molar-refractivity contribution is 7.80. The fourth-order valence-electron chi connectivity index (χ4n) is 3.35. The van der Waals surface area contributed by atoms with Crippen molar-refractivity contribution in [2.45, 2.75) is 44.6 Å². The third-order valence-corrected chi connectivity index (χ3v) is 5.34. The minimum absolute atomic E-state index is 0.0295. The van der Waals surface area contributed by atoms with Crippen molar-refractivity contribution in [2.75, 3.05) is 33.4 Å². The number of nitrogens with two attached hydrogens (primary N) is 1. The quantitative estimate of drug-likeness (QED) is 0.718. The summed E-state index contributed by atoms with van der Waals surface area (Å²) in [4.78, 5) is 15.2. The molecule has 120 valence electrons. The Bertz CT molecular complexity index is 377. The zero-order valence-electron chi connectivity index (χ0n) is 12.9. The van der Waals surface area contributed by atoms with E-state index in [1.165, 1.54) is 25.7 Å². The molecule has 3 N–H and O–H groups in total. The molecular weight excluding hydrogens is 286 g/mol. The van der Waals surface area contributed by atoms with Crippen LogP contribution in [0.15, 0.2) is 0 Å². The molecule has 1 saturated heterocycles. The molecule has 2 rings (SSSR count). The average Bonchev–Trinajstić information content (AvgIpc) is 3.01. The second kappa shape index (κ2) is 7.51. The van der Waals surface area contributed by atoms with Crippen LogP contribution in [-0.4, -0.2) is 55.2 Å². The molecule has 0 atom stereocenters. The number of thiocarbonyl (C=S) groups is 1. The minimum Gasteiger partial charge on any atom is -0.392 e. The van der Waals surface area contributed by atoms with Gasteiger partial charge >= 0.3 is 0 Å². The molecule has 0 aromatic rings. The summed E-state index contributed by atoms with van der Waals surface area (Å²) in [7, 11) is 2.14. The number of likely N-dealkylation sites (N-methyl/N-ethyl adjacent to an activating group) is 1. The molecule has 2 fully saturated rings. The Hall–Kier alpha value is -0.720. The topological polar surface area (TPSA) is 67.6 Å². The number of hydrogen-bond acceptors (Lipinski definition) is 4. The van der Waals surface area contributed by atoms with Crippen LogP contribution in [0.4, 0.5) is 0 Å². The second-order valence-electron chi connectivity index (χ2n) is 6.23. The van der Waals surface area contributed by atoms with Gasteiger partial charge in [-0.15, -0.1) is 0 Å². The van der Waals surface area contributed by atoms with Gasteiger partial charge in [0.2, 0.25) is 5.91 Å². The van der Waals surface area contributed by atoms with Crippen molar-refractivity contribution >= 4 is 23.1 Å². The highest BCUT2D eigenvalue weighted by atomic mass is 32.1. The summed E-state index contributed by atoms with van der Waals surface area (Å²) in [6, 6.07) is 0.675. The standard InChI is InChI=1S/C15H27N3O2S/c1-18(12-4-2-3-5-12)9-8-17-14(19)15(13(16)21)6-10-20-11-7-15/h12H,2-11H2,1H3,(H2,16,21)(H,17,19). The van der Waals surface area contributed by atoms with Gasteiger partial charge in [0.25, 0.3) is 0 Å². The predicted molar refractivity (Wildman–Crippen MR) is 87.2 cm³/mol. The van der Waals surface area contributed by atoms with Crippen molar-refractivity contribution in [3.63, 3.8) is 0 Å². The van der Waals surface area contributed by atoms with Crippen LogP contribution in [0.5, 0.6) is 0 Å². The highest BCUT2D eigenvalue weighted by Gasteiger charge is 2.42. The van der Waals surface area contributed by atoms with E-state index in [4.69, 9.17) is 22.7 Å². The molecule has 1 saturated carbocycles. The molecule has 1 aliphatic carbocycles. The molecule has 0 unspecified atom stereocenters. The third kappa shape index (κ3) is 3.93. The first kappa shape index (κ1) is 16.6. The Morgan fingerprint density at radius 2 is 2.00 bits per heavy atom. The van der Waals surface area contributed by atoms with Crippen molar-refractivity contribution in [3.05, 3.63) is 0 Å². The zero-order chi connectivity index (χ0) is 15.3. The molecule has 1 aliphatic heterocycles. The monoisotopic (exact) mass is 313 g/mol. The average molecular weight is 313 g/mol. The van der Waals surface area contributed by atoms with Gasteiger partial charge in [0.05, 0.1) is 4.99 Å². The van der Waals surface area contributed by atoms with E-state index < -0.39 is 5.41 Å². The lowest BCUT2D eigenvalue weighted by molar-refractivity contribution is -0.131. The molecule has 0 aromatic heterocycles. The highest BCUT2D eigenvalue weighted by Crippen LogP contribution is 2.31. The Morgan fingerprint density at radius 1 is 1.38 bits per heavy atom. The Kier molecular flexibility index (Phi) is 5.96. The van der Waals surface area contributed by atoms with Gasteiger partial charge in [0.1, 0.15) is 5.41 Å². The van der Waals surface area contributed by atoms with Gasteiger partial charge in [0.15, 0.2) is 0 Å². The van der Waals surface area contributed by atoms with Crippen LogP contribution >= 0.6 is 12.2 Å². The molecule has 5 nitrogen and oxygen atoms in total. The van der Waals surface area contributed by atoms with Gasteiger partial charge in [-0.3, -0.25) is 4.79 Å². The van der Waals surface area contributed by atoms with Gasteiger partial charge in [0, 0.05) is 32.3 Å². The van der Waals surface area contributed by atoms with Crippen LogP contribution in [0.2, 0.25) is 0 Å². The normalized spacial score (nSPS) is 22.4. The summed E-state index contributed by atoms with van der Waals surface area (Å²) in [6.07, 6.45) is 6.38. The van der Waals surface area contributed by atoms with E-state index in [2.05, 4.69) is 17.3 Å². The smallest absolute Gasteiger partial charge is 0.233 e. The summed E-state index contributed by atoms with van der Waals surface area (Å²) in [5, 5.41) is 3.03. The van der Waals surface area contributed by atoms with Crippen LogP contribution < -0.4 is 11.1 Å². The lowest BCUT2D eigenvalue weighted by Gasteiger charge is -2.35. The largest absolute Gasteiger partial charge is 0.392 e. The van der Waals surface area contributed by atoms with Crippen molar-refractivity contribution < 1.29 is 9.53 Å². The van der Waals surface area contributed by atoms with Crippen molar-refractivity contribution in [2.24, 2.45) is 11.1 Å². The fourth-order valence-corrected chi connectivity index (χ4v) is 3.64. The van der Waals surface area contributed by atoms with E-state index in [0.29, 0.717) is 43.6 Å². The number of nitrogens with one attached hydrogen (secondary N) is 1. The van der Waals surface area contributed by atoms with Crippen molar-refractivity contribution in [1.29, 1.82) is 0 Å². The number of nitrogens with zero attached hydrogens (tertiary/aromatic N) is 1. The molecule has 1 amide bonds. The molecule has 1 heterocycles. The lowest BCUT2D eigenvalue weighted by Crippen LogP contribution is -2.53.